The second-order valence-corrected chi connectivity index (χ2v) is 8.93. The molecule has 2 rings (SSSR count). The molecule has 17 heavy (non-hydrogen) atoms. The normalized spacial score (nSPS) is 51.4. The lowest BCUT2D eigenvalue weighted by atomic mass is 9.57. The molecule has 0 radical (unpaired) electrons. The molecule has 0 heterocycles. The first kappa shape index (κ1) is 14.0. The van der Waals surface area contributed by atoms with E-state index in [1.165, 1.54) is 19.3 Å². The summed E-state index contributed by atoms with van der Waals surface area (Å²) >= 11 is 13.4. The van der Waals surface area contributed by atoms with Gasteiger partial charge < -0.3 is 0 Å². The van der Waals surface area contributed by atoms with Crippen molar-refractivity contribution in [2.45, 2.75) is 69.5 Å². The van der Waals surface area contributed by atoms with Crippen LogP contribution in [0.1, 0.15) is 59.8 Å². The lowest BCUT2D eigenvalue weighted by Crippen LogP contribution is -2.49. The van der Waals surface area contributed by atoms with Crippen LogP contribution in [-0.2, 0) is 0 Å². The van der Waals surface area contributed by atoms with Crippen molar-refractivity contribution in [3.05, 3.63) is 0 Å². The molecule has 0 bridgehead atoms. The highest BCUT2D eigenvalue weighted by Gasteiger charge is 2.50. The van der Waals surface area contributed by atoms with Crippen molar-refractivity contribution >= 4 is 23.2 Å². The van der Waals surface area contributed by atoms with E-state index in [9.17, 15) is 0 Å². The van der Waals surface area contributed by atoms with Gasteiger partial charge in [0.2, 0.25) is 0 Å². The maximum atomic E-state index is 6.77. The van der Waals surface area contributed by atoms with E-state index in [-0.39, 0.29) is 9.75 Å². The molecule has 0 unspecified atom stereocenters. The molecule has 0 aromatic heterocycles. The zero-order chi connectivity index (χ0) is 12.8. The van der Waals surface area contributed by atoms with Crippen molar-refractivity contribution in [3.8, 4) is 0 Å². The lowest BCUT2D eigenvalue weighted by molar-refractivity contribution is 0.0357. The van der Waals surface area contributed by atoms with Crippen molar-refractivity contribution in [2.24, 2.45) is 23.7 Å². The van der Waals surface area contributed by atoms with Crippen molar-refractivity contribution in [1.82, 2.24) is 0 Å². The van der Waals surface area contributed by atoms with E-state index in [2.05, 4.69) is 27.7 Å². The summed E-state index contributed by atoms with van der Waals surface area (Å²) in [7, 11) is 0. The average Bonchev–Trinajstić information content (AvgIpc) is 2.14. The van der Waals surface area contributed by atoms with Gasteiger partial charge in [0, 0.05) is 9.75 Å². The molecule has 5 atom stereocenters. The summed E-state index contributed by atoms with van der Waals surface area (Å²) < 4.78 is 0. The van der Waals surface area contributed by atoms with Gasteiger partial charge in [-0.05, 0) is 69.6 Å². The zero-order valence-electron chi connectivity index (χ0n) is 11.6. The van der Waals surface area contributed by atoms with E-state index in [0.29, 0.717) is 5.92 Å². The fourth-order valence-electron chi connectivity index (χ4n) is 4.28. The summed E-state index contributed by atoms with van der Waals surface area (Å²) in [5.74, 6) is 3.01. The minimum absolute atomic E-state index is 0.0125. The Hall–Kier alpha value is 0.580. The van der Waals surface area contributed by atoms with E-state index in [0.717, 1.165) is 30.6 Å². The predicted molar refractivity (Wildman–Crippen MR) is 76.9 cm³/mol. The summed E-state index contributed by atoms with van der Waals surface area (Å²) in [5.41, 5.74) is 0. The van der Waals surface area contributed by atoms with Crippen LogP contribution in [0.4, 0.5) is 0 Å². The van der Waals surface area contributed by atoms with Crippen molar-refractivity contribution in [1.29, 1.82) is 0 Å². The Balaban J connectivity index is 2.22. The Morgan fingerprint density at radius 2 is 1.71 bits per heavy atom. The maximum Gasteiger partial charge on any atom is 0.0449 e. The number of rotatable bonds is 1. The van der Waals surface area contributed by atoms with Gasteiger partial charge in [-0.3, -0.25) is 0 Å². The van der Waals surface area contributed by atoms with E-state index < -0.39 is 0 Å². The highest BCUT2D eigenvalue weighted by molar-refractivity contribution is 6.24. The van der Waals surface area contributed by atoms with Gasteiger partial charge in [-0.25, -0.2) is 0 Å². The molecule has 2 heteroatoms. The predicted octanol–water partition coefficient (Wildman–Crippen LogP) is 5.46. The molecule has 0 aromatic carbocycles. The third-order valence-corrected chi connectivity index (χ3v) is 6.11. The van der Waals surface area contributed by atoms with Crippen molar-refractivity contribution in [2.75, 3.05) is 0 Å². The number of halogens is 2. The molecule has 100 valence electrons. The van der Waals surface area contributed by atoms with E-state index >= 15 is 0 Å². The molecule has 0 N–H and O–H groups in total. The number of hydrogen-bond donors (Lipinski definition) is 0. The Morgan fingerprint density at radius 3 is 2.29 bits per heavy atom. The van der Waals surface area contributed by atoms with Gasteiger partial charge in [0.05, 0.1) is 0 Å². The second kappa shape index (κ2) is 4.60. The average molecular weight is 277 g/mol. The van der Waals surface area contributed by atoms with Crippen LogP contribution < -0.4 is 0 Å². The van der Waals surface area contributed by atoms with Crippen LogP contribution >= 0.6 is 23.2 Å². The summed E-state index contributed by atoms with van der Waals surface area (Å²) in [4.78, 5) is 0.0298. The molecule has 2 aliphatic rings. The van der Waals surface area contributed by atoms with Gasteiger partial charge in [0.15, 0.2) is 0 Å². The van der Waals surface area contributed by atoms with Crippen LogP contribution in [0.15, 0.2) is 0 Å². The van der Waals surface area contributed by atoms with Crippen LogP contribution in [0.25, 0.3) is 0 Å². The largest absolute Gasteiger partial charge is 0.120 e. The lowest BCUT2D eigenvalue weighted by Gasteiger charge is -2.53. The number of alkyl halides is 2. The zero-order valence-corrected chi connectivity index (χ0v) is 13.1. The van der Waals surface area contributed by atoms with Gasteiger partial charge in [-0.2, -0.15) is 0 Å². The standard InChI is InChI=1S/C15H26Cl2/c1-10(2)11-5-8-15(4,17)13-6-7-14(3,16)9-12(11)13/h10-13H,5-9H2,1-4H3/t11-,12-,13+,14-,15-/m0/s1. The molecule has 2 aliphatic carbocycles. The molecule has 0 nitrogen and oxygen atoms in total. The third kappa shape index (κ3) is 2.78. The molecule has 2 fully saturated rings. The molecule has 0 saturated heterocycles. The number of fused-ring (bicyclic) bond motifs is 1. The van der Waals surface area contributed by atoms with Crippen LogP contribution in [-0.4, -0.2) is 9.75 Å². The molecule has 0 spiro atoms. The molecule has 0 aromatic rings. The smallest absolute Gasteiger partial charge is 0.0449 e. The maximum absolute atomic E-state index is 6.77. The third-order valence-electron chi connectivity index (χ3n) is 5.30. The monoisotopic (exact) mass is 276 g/mol. The van der Waals surface area contributed by atoms with E-state index in [1.807, 2.05) is 0 Å². The fourth-order valence-corrected chi connectivity index (χ4v) is 4.95. The van der Waals surface area contributed by atoms with Gasteiger partial charge in [-0.1, -0.05) is 13.8 Å². The Bertz CT molecular complexity index is 281. The number of hydrogen-bond acceptors (Lipinski definition) is 0. The quantitative estimate of drug-likeness (QED) is 0.558. The summed E-state index contributed by atoms with van der Waals surface area (Å²) in [5, 5.41) is 0. The van der Waals surface area contributed by atoms with Crippen molar-refractivity contribution < 1.29 is 0 Å². The molecule has 2 saturated carbocycles. The van der Waals surface area contributed by atoms with E-state index in [4.69, 9.17) is 23.2 Å². The fraction of sp³-hybridized carbons (Fsp3) is 1.00. The Kier molecular flexibility index (Phi) is 3.79. The van der Waals surface area contributed by atoms with Gasteiger partial charge >= 0.3 is 0 Å². The van der Waals surface area contributed by atoms with Crippen LogP contribution in [0, 0.1) is 23.7 Å². The van der Waals surface area contributed by atoms with Gasteiger partial charge in [0.1, 0.15) is 0 Å². The summed E-state index contributed by atoms with van der Waals surface area (Å²) in [6.45, 7) is 9.18. The minimum Gasteiger partial charge on any atom is -0.120 e. The molecular weight excluding hydrogens is 251 g/mol. The first-order valence-corrected chi connectivity index (χ1v) is 7.86. The first-order chi connectivity index (χ1) is 7.73. The summed E-state index contributed by atoms with van der Waals surface area (Å²) in [6, 6.07) is 0. The van der Waals surface area contributed by atoms with Gasteiger partial charge in [-0.15, -0.1) is 23.2 Å². The Labute approximate surface area is 116 Å². The topological polar surface area (TPSA) is 0 Å². The Morgan fingerprint density at radius 1 is 1.06 bits per heavy atom. The highest BCUT2D eigenvalue weighted by atomic mass is 35.5. The minimum atomic E-state index is 0.0125. The SMILES string of the molecule is CC(C)[C@@H]1CC[C@](C)(Cl)[C@@H]2CC[C@](C)(Cl)C[C@H]21. The molecular formula is C15H26Cl2. The van der Waals surface area contributed by atoms with Crippen LogP contribution in [0.3, 0.4) is 0 Å². The molecule has 0 amide bonds. The highest BCUT2D eigenvalue weighted by Crippen LogP contribution is 2.56. The second-order valence-electron chi connectivity index (χ2n) is 7.15. The first-order valence-electron chi connectivity index (χ1n) is 7.11. The van der Waals surface area contributed by atoms with Gasteiger partial charge in [0.25, 0.3) is 0 Å². The van der Waals surface area contributed by atoms with Crippen LogP contribution in [0.2, 0.25) is 0 Å². The van der Waals surface area contributed by atoms with E-state index in [1.54, 1.807) is 0 Å². The molecule has 0 aliphatic heterocycles. The van der Waals surface area contributed by atoms with Crippen molar-refractivity contribution in [3.63, 3.8) is 0 Å². The summed E-state index contributed by atoms with van der Waals surface area (Å²) in [6.07, 6.45) is 5.96. The van der Waals surface area contributed by atoms with Crippen LogP contribution in [0.5, 0.6) is 0 Å².